The first kappa shape index (κ1) is 21.5. The SMILES string of the molecule is CCCOC(C)(CCC)C(=O)Nc1cc(C)c(OC(C)CC)c(C)c1. The van der Waals surface area contributed by atoms with Gasteiger partial charge in [-0.3, -0.25) is 4.79 Å². The molecule has 1 N–H and O–H groups in total. The summed E-state index contributed by atoms with van der Waals surface area (Å²) in [6, 6.07) is 3.93. The fourth-order valence-corrected chi connectivity index (χ4v) is 2.81. The molecule has 0 saturated carbocycles. The number of hydrogen-bond donors (Lipinski definition) is 1. The molecule has 4 nitrogen and oxygen atoms in total. The molecule has 0 aliphatic heterocycles. The molecule has 1 aromatic rings. The summed E-state index contributed by atoms with van der Waals surface area (Å²) in [6.07, 6.45) is 3.63. The van der Waals surface area contributed by atoms with Crippen molar-refractivity contribution in [3.63, 3.8) is 0 Å². The number of hydrogen-bond acceptors (Lipinski definition) is 3. The molecule has 1 amide bonds. The number of carbonyl (C=O) groups is 1. The molecule has 0 aliphatic rings. The summed E-state index contributed by atoms with van der Waals surface area (Å²) in [4.78, 5) is 12.8. The molecule has 142 valence electrons. The summed E-state index contributed by atoms with van der Waals surface area (Å²) in [5.74, 6) is 0.822. The first-order valence-corrected chi connectivity index (χ1v) is 9.50. The monoisotopic (exact) mass is 349 g/mol. The van der Waals surface area contributed by atoms with Gasteiger partial charge in [0, 0.05) is 12.3 Å². The van der Waals surface area contributed by atoms with E-state index in [1.54, 1.807) is 0 Å². The van der Waals surface area contributed by atoms with Crippen molar-refractivity contribution in [3.8, 4) is 5.75 Å². The molecule has 0 radical (unpaired) electrons. The minimum atomic E-state index is -0.793. The highest BCUT2D eigenvalue weighted by Gasteiger charge is 2.33. The third-order valence-electron chi connectivity index (χ3n) is 4.44. The van der Waals surface area contributed by atoms with Crippen LogP contribution in [0.3, 0.4) is 0 Å². The molecule has 1 rings (SSSR count). The minimum absolute atomic E-state index is 0.0859. The van der Waals surface area contributed by atoms with E-state index in [9.17, 15) is 4.79 Å². The van der Waals surface area contributed by atoms with E-state index < -0.39 is 5.60 Å². The van der Waals surface area contributed by atoms with E-state index in [4.69, 9.17) is 9.47 Å². The van der Waals surface area contributed by atoms with Gasteiger partial charge in [0.2, 0.25) is 0 Å². The zero-order valence-electron chi connectivity index (χ0n) is 17.0. The van der Waals surface area contributed by atoms with Crippen molar-refractivity contribution < 1.29 is 14.3 Å². The molecule has 0 spiro atoms. The smallest absolute Gasteiger partial charge is 0.256 e. The van der Waals surface area contributed by atoms with E-state index in [0.29, 0.717) is 13.0 Å². The van der Waals surface area contributed by atoms with Gasteiger partial charge in [-0.1, -0.05) is 27.2 Å². The van der Waals surface area contributed by atoms with Crippen molar-refractivity contribution >= 4 is 11.6 Å². The normalized spacial score (nSPS) is 14.7. The molecule has 0 aromatic heterocycles. The van der Waals surface area contributed by atoms with Crippen LogP contribution in [0.15, 0.2) is 12.1 Å². The van der Waals surface area contributed by atoms with E-state index in [1.165, 1.54) is 0 Å². The molecule has 0 fully saturated rings. The second-order valence-corrected chi connectivity index (χ2v) is 7.06. The van der Waals surface area contributed by atoms with Gasteiger partial charge in [0.25, 0.3) is 5.91 Å². The Hall–Kier alpha value is -1.55. The van der Waals surface area contributed by atoms with E-state index in [-0.39, 0.29) is 12.0 Å². The van der Waals surface area contributed by atoms with Gasteiger partial charge in [-0.2, -0.15) is 0 Å². The number of nitrogens with one attached hydrogen (secondary N) is 1. The Kier molecular flexibility index (Phi) is 8.43. The zero-order valence-corrected chi connectivity index (χ0v) is 17.0. The number of benzene rings is 1. The zero-order chi connectivity index (χ0) is 19.0. The molecular formula is C21H35NO3. The van der Waals surface area contributed by atoms with Crippen molar-refractivity contribution in [1.82, 2.24) is 0 Å². The van der Waals surface area contributed by atoms with Crippen LogP contribution in [0.5, 0.6) is 5.75 Å². The summed E-state index contributed by atoms with van der Waals surface area (Å²) in [6.45, 7) is 14.8. The van der Waals surface area contributed by atoms with Crippen molar-refractivity contribution in [2.75, 3.05) is 11.9 Å². The Morgan fingerprint density at radius 2 is 1.76 bits per heavy atom. The fraction of sp³-hybridized carbons (Fsp3) is 0.667. The summed E-state index contributed by atoms with van der Waals surface area (Å²) < 4.78 is 11.9. The topological polar surface area (TPSA) is 47.6 Å². The van der Waals surface area contributed by atoms with E-state index >= 15 is 0 Å². The highest BCUT2D eigenvalue weighted by molar-refractivity contribution is 5.97. The average Bonchev–Trinajstić information content (AvgIpc) is 2.56. The van der Waals surface area contributed by atoms with Crippen LogP contribution in [0, 0.1) is 13.8 Å². The Bertz CT molecular complexity index is 547. The van der Waals surface area contributed by atoms with Gasteiger partial charge < -0.3 is 14.8 Å². The van der Waals surface area contributed by atoms with E-state index in [1.807, 2.05) is 39.8 Å². The molecule has 4 heteroatoms. The number of amides is 1. The molecule has 0 aliphatic carbocycles. The van der Waals surface area contributed by atoms with Crippen LogP contribution in [-0.2, 0) is 9.53 Å². The van der Waals surface area contributed by atoms with Gasteiger partial charge in [0.15, 0.2) is 0 Å². The Morgan fingerprint density at radius 3 is 2.24 bits per heavy atom. The van der Waals surface area contributed by atoms with Crippen LogP contribution >= 0.6 is 0 Å². The van der Waals surface area contributed by atoms with Gasteiger partial charge in [-0.15, -0.1) is 0 Å². The van der Waals surface area contributed by atoms with Crippen molar-refractivity contribution in [3.05, 3.63) is 23.3 Å². The summed E-state index contributed by atoms with van der Waals surface area (Å²) in [5, 5.41) is 3.03. The van der Waals surface area contributed by atoms with Crippen molar-refractivity contribution in [2.45, 2.75) is 85.9 Å². The second-order valence-electron chi connectivity index (χ2n) is 7.06. The third-order valence-corrected chi connectivity index (χ3v) is 4.44. The van der Waals surface area contributed by atoms with Gasteiger partial charge >= 0.3 is 0 Å². The first-order valence-electron chi connectivity index (χ1n) is 9.50. The van der Waals surface area contributed by atoms with Gasteiger partial charge in [0.1, 0.15) is 11.4 Å². The lowest BCUT2D eigenvalue weighted by Gasteiger charge is -2.28. The van der Waals surface area contributed by atoms with E-state index in [2.05, 4.69) is 26.1 Å². The number of anilines is 1. The number of aryl methyl sites for hydroxylation is 2. The van der Waals surface area contributed by atoms with Gasteiger partial charge in [0.05, 0.1) is 6.10 Å². The Morgan fingerprint density at radius 1 is 1.16 bits per heavy atom. The maximum Gasteiger partial charge on any atom is 0.256 e. The largest absolute Gasteiger partial charge is 0.490 e. The van der Waals surface area contributed by atoms with Crippen LogP contribution < -0.4 is 10.1 Å². The minimum Gasteiger partial charge on any atom is -0.490 e. The van der Waals surface area contributed by atoms with Crippen LogP contribution in [0.25, 0.3) is 0 Å². The van der Waals surface area contributed by atoms with Gasteiger partial charge in [-0.05, 0) is 70.2 Å². The van der Waals surface area contributed by atoms with Crippen molar-refractivity contribution in [1.29, 1.82) is 0 Å². The Labute approximate surface area is 153 Å². The summed E-state index contributed by atoms with van der Waals surface area (Å²) in [7, 11) is 0. The molecular weight excluding hydrogens is 314 g/mol. The number of carbonyl (C=O) groups excluding carboxylic acids is 1. The number of ether oxygens (including phenoxy) is 2. The quantitative estimate of drug-likeness (QED) is 0.615. The highest BCUT2D eigenvalue weighted by Crippen LogP contribution is 2.29. The van der Waals surface area contributed by atoms with Crippen LogP contribution in [0.1, 0.15) is 71.4 Å². The second kappa shape index (κ2) is 9.81. The predicted molar refractivity (Wildman–Crippen MR) is 104 cm³/mol. The third kappa shape index (κ3) is 6.03. The summed E-state index contributed by atoms with van der Waals surface area (Å²) in [5.41, 5.74) is 2.06. The maximum atomic E-state index is 12.8. The fourth-order valence-electron chi connectivity index (χ4n) is 2.81. The molecule has 2 unspecified atom stereocenters. The highest BCUT2D eigenvalue weighted by atomic mass is 16.5. The Balaban J connectivity index is 2.96. The lowest BCUT2D eigenvalue weighted by molar-refractivity contribution is -0.140. The van der Waals surface area contributed by atoms with Crippen LogP contribution in [0.4, 0.5) is 5.69 Å². The maximum absolute atomic E-state index is 12.8. The standard InChI is InChI=1S/C21H35NO3/c1-8-11-21(7,24-12-9-2)20(23)22-18-13-15(4)19(16(5)14-18)25-17(6)10-3/h13-14,17H,8-12H2,1-7H3,(H,22,23). The van der Waals surface area contributed by atoms with E-state index in [0.717, 1.165) is 41.8 Å². The number of rotatable bonds is 10. The van der Waals surface area contributed by atoms with Gasteiger partial charge in [-0.25, -0.2) is 0 Å². The molecule has 0 heterocycles. The van der Waals surface area contributed by atoms with Crippen molar-refractivity contribution in [2.24, 2.45) is 0 Å². The molecule has 0 bridgehead atoms. The first-order chi connectivity index (χ1) is 11.8. The van der Waals surface area contributed by atoms with Crippen LogP contribution in [-0.4, -0.2) is 24.2 Å². The predicted octanol–water partition coefficient (Wildman–Crippen LogP) is 5.40. The lowest BCUT2D eigenvalue weighted by atomic mass is 9.98. The molecule has 25 heavy (non-hydrogen) atoms. The lowest BCUT2D eigenvalue weighted by Crippen LogP contribution is -2.43. The molecule has 1 aromatic carbocycles. The molecule has 0 saturated heterocycles. The summed E-state index contributed by atoms with van der Waals surface area (Å²) >= 11 is 0. The average molecular weight is 350 g/mol. The van der Waals surface area contributed by atoms with Crippen LogP contribution in [0.2, 0.25) is 0 Å². The molecule has 2 atom stereocenters.